The first-order valence-electron chi connectivity index (χ1n) is 2.07. The fourth-order valence-corrected chi connectivity index (χ4v) is 0.607. The minimum absolute atomic E-state index is 0. The third-order valence-corrected chi connectivity index (χ3v) is 1.42. The Morgan fingerprint density at radius 2 is 2.00 bits per heavy atom. The fraction of sp³-hybridized carbons (Fsp3) is 0. The first-order chi connectivity index (χ1) is 3.80. The van der Waals surface area contributed by atoms with Gasteiger partial charge < -0.3 is 0 Å². The molecule has 0 saturated carbocycles. The van der Waals surface area contributed by atoms with Gasteiger partial charge in [0.25, 0.3) is 0 Å². The van der Waals surface area contributed by atoms with Gasteiger partial charge in [0.05, 0.1) is 5.02 Å². The molecule has 1 aromatic rings. The van der Waals surface area contributed by atoms with E-state index < -0.39 is 0 Å². The van der Waals surface area contributed by atoms with Gasteiger partial charge in [-0.25, -0.2) is 4.98 Å². The molecule has 1 rings (SSSR count). The van der Waals surface area contributed by atoms with E-state index in [1.54, 1.807) is 18.3 Å². The molecule has 1 aromatic heterocycles. The van der Waals surface area contributed by atoms with E-state index in [1.807, 2.05) is 0 Å². The number of rotatable bonds is 0. The first kappa shape index (κ1) is 9.02. The molecule has 0 aliphatic rings. The summed E-state index contributed by atoms with van der Waals surface area (Å²) >= 11 is 11.0. The smallest absolute Gasteiger partial charge is 0.147 e. The summed E-state index contributed by atoms with van der Waals surface area (Å²) in [6, 6.07) is 3.42. The van der Waals surface area contributed by atoms with Crippen LogP contribution in [0.15, 0.2) is 18.3 Å². The van der Waals surface area contributed by atoms with Gasteiger partial charge in [0.1, 0.15) is 5.15 Å². The second-order valence-corrected chi connectivity index (χ2v) is 2.04. The maximum absolute atomic E-state index is 5.51. The summed E-state index contributed by atoms with van der Waals surface area (Å²) in [7, 11) is 0. The Kier molecular flexibility index (Phi) is 3.95. The van der Waals surface area contributed by atoms with Crippen LogP contribution in [0.3, 0.4) is 0 Å². The average molecular weight is 184 g/mol. The van der Waals surface area contributed by atoms with Crippen molar-refractivity contribution in [1.29, 1.82) is 0 Å². The Labute approximate surface area is 69.4 Å². The van der Waals surface area contributed by atoms with E-state index in [0.717, 1.165) is 0 Å². The highest BCUT2D eigenvalue weighted by atomic mass is 35.5. The zero-order chi connectivity index (χ0) is 5.98. The molecule has 0 spiro atoms. The Balaban J connectivity index is 0.000000640. The number of pyridine rings is 1. The molecule has 0 aliphatic heterocycles. The third-order valence-electron chi connectivity index (χ3n) is 0.714. The van der Waals surface area contributed by atoms with Gasteiger partial charge >= 0.3 is 0 Å². The fourth-order valence-electron chi connectivity index (χ4n) is 0.366. The van der Waals surface area contributed by atoms with Crippen molar-refractivity contribution in [2.45, 2.75) is 0 Å². The van der Waals surface area contributed by atoms with Gasteiger partial charge in [-0.15, -0.1) is 12.4 Å². The molecule has 1 heterocycles. The monoisotopic (exact) mass is 183 g/mol. The molecular weight excluding hydrogens is 180 g/mol. The van der Waals surface area contributed by atoms with Crippen LogP contribution >= 0.6 is 35.6 Å². The third kappa shape index (κ3) is 2.39. The number of hydrogen-bond donors (Lipinski definition) is 0. The van der Waals surface area contributed by atoms with Crippen molar-refractivity contribution < 1.29 is 0 Å². The molecule has 0 unspecified atom stereocenters. The Morgan fingerprint density at radius 1 is 1.33 bits per heavy atom. The number of aromatic nitrogens is 1. The predicted molar refractivity (Wildman–Crippen MR) is 41.5 cm³/mol. The van der Waals surface area contributed by atoms with Crippen LogP contribution in [0, 0.1) is 0 Å². The minimum Gasteiger partial charge on any atom is -0.243 e. The summed E-state index contributed by atoms with van der Waals surface area (Å²) in [6.45, 7) is 0. The van der Waals surface area contributed by atoms with Crippen molar-refractivity contribution in [1.82, 2.24) is 4.98 Å². The van der Waals surface area contributed by atoms with Crippen LogP contribution in [0.5, 0.6) is 0 Å². The highest BCUT2D eigenvalue weighted by Gasteiger charge is 1.91. The van der Waals surface area contributed by atoms with Crippen LogP contribution in [0.1, 0.15) is 0 Å². The lowest BCUT2D eigenvalue weighted by Gasteiger charge is -1.87. The van der Waals surface area contributed by atoms with E-state index in [9.17, 15) is 0 Å². The maximum atomic E-state index is 5.51. The molecule has 0 N–H and O–H groups in total. The molecule has 0 saturated heterocycles. The van der Waals surface area contributed by atoms with E-state index >= 15 is 0 Å². The number of halogens is 3. The quantitative estimate of drug-likeness (QED) is 0.565. The maximum Gasteiger partial charge on any atom is 0.147 e. The Morgan fingerprint density at radius 3 is 2.33 bits per heavy atom. The summed E-state index contributed by atoms with van der Waals surface area (Å²) < 4.78 is 0. The van der Waals surface area contributed by atoms with Crippen molar-refractivity contribution in [3.05, 3.63) is 28.5 Å². The van der Waals surface area contributed by atoms with Crippen LogP contribution in [0.2, 0.25) is 10.2 Å². The zero-order valence-electron chi connectivity index (χ0n) is 4.34. The number of hydrogen-bond acceptors (Lipinski definition) is 1. The minimum atomic E-state index is 0. The largest absolute Gasteiger partial charge is 0.243 e. The Bertz CT molecular complexity index is 168. The molecular formula is C5H4Cl3N. The van der Waals surface area contributed by atoms with E-state index in [2.05, 4.69) is 4.98 Å². The van der Waals surface area contributed by atoms with Gasteiger partial charge in [0.2, 0.25) is 0 Å². The molecule has 9 heavy (non-hydrogen) atoms. The van der Waals surface area contributed by atoms with Gasteiger partial charge in [-0.1, -0.05) is 23.2 Å². The lowest BCUT2D eigenvalue weighted by Crippen LogP contribution is -1.70. The van der Waals surface area contributed by atoms with E-state index in [-0.39, 0.29) is 12.4 Å². The van der Waals surface area contributed by atoms with Gasteiger partial charge in [0, 0.05) is 6.20 Å². The molecule has 0 fully saturated rings. The van der Waals surface area contributed by atoms with Crippen molar-refractivity contribution in [3.63, 3.8) is 0 Å². The summed E-state index contributed by atoms with van der Waals surface area (Å²) in [4.78, 5) is 3.71. The normalized spacial score (nSPS) is 8.22. The van der Waals surface area contributed by atoms with Crippen LogP contribution in [-0.4, -0.2) is 4.98 Å². The molecule has 0 amide bonds. The molecule has 0 bridgehead atoms. The molecule has 1 nitrogen and oxygen atoms in total. The van der Waals surface area contributed by atoms with E-state index in [1.165, 1.54) is 0 Å². The van der Waals surface area contributed by atoms with Gasteiger partial charge in [-0.2, -0.15) is 0 Å². The van der Waals surface area contributed by atoms with Crippen LogP contribution in [0.25, 0.3) is 0 Å². The van der Waals surface area contributed by atoms with Gasteiger partial charge in [-0.3, -0.25) is 0 Å². The second-order valence-electron chi connectivity index (χ2n) is 1.28. The van der Waals surface area contributed by atoms with Crippen molar-refractivity contribution in [3.8, 4) is 0 Å². The highest BCUT2D eigenvalue weighted by Crippen LogP contribution is 2.16. The lowest BCUT2D eigenvalue weighted by atomic mass is 10.5. The summed E-state index contributed by atoms with van der Waals surface area (Å²) in [5.41, 5.74) is 0. The summed E-state index contributed by atoms with van der Waals surface area (Å²) in [5, 5.41) is 0.850. The number of nitrogens with zero attached hydrogens (tertiary/aromatic N) is 1. The summed E-state index contributed by atoms with van der Waals surface area (Å²) in [5.74, 6) is 0. The van der Waals surface area contributed by atoms with Crippen LogP contribution in [0.4, 0.5) is 0 Å². The molecule has 0 atom stereocenters. The van der Waals surface area contributed by atoms with Crippen molar-refractivity contribution in [2.75, 3.05) is 0 Å². The lowest BCUT2D eigenvalue weighted by molar-refractivity contribution is 1.33. The second kappa shape index (κ2) is 3.94. The SMILES string of the molecule is Cl.Clc1cccnc1Cl. The van der Waals surface area contributed by atoms with Crippen molar-refractivity contribution in [2.24, 2.45) is 0 Å². The van der Waals surface area contributed by atoms with Crippen LogP contribution < -0.4 is 0 Å². The molecule has 0 aliphatic carbocycles. The highest BCUT2D eigenvalue weighted by molar-refractivity contribution is 6.41. The average Bonchev–Trinajstić information content (AvgIpc) is 1.77. The van der Waals surface area contributed by atoms with Gasteiger partial charge in [-0.05, 0) is 12.1 Å². The van der Waals surface area contributed by atoms with Crippen LogP contribution in [-0.2, 0) is 0 Å². The predicted octanol–water partition coefficient (Wildman–Crippen LogP) is 2.81. The van der Waals surface area contributed by atoms with Gasteiger partial charge in [0.15, 0.2) is 0 Å². The molecule has 0 aromatic carbocycles. The Hall–Kier alpha value is 0.0200. The first-order valence-corrected chi connectivity index (χ1v) is 2.82. The molecule has 50 valence electrons. The topological polar surface area (TPSA) is 12.9 Å². The van der Waals surface area contributed by atoms with Crippen molar-refractivity contribution >= 4 is 35.6 Å². The summed E-state index contributed by atoms with van der Waals surface area (Å²) in [6.07, 6.45) is 1.59. The van der Waals surface area contributed by atoms with E-state index in [4.69, 9.17) is 23.2 Å². The standard InChI is InChI=1S/C5H3Cl2N.ClH/c6-4-2-1-3-8-5(4)7;/h1-3H;1H. The zero-order valence-corrected chi connectivity index (χ0v) is 6.67. The molecule has 4 heteroatoms. The molecule has 0 radical (unpaired) electrons. The van der Waals surface area contributed by atoms with E-state index in [0.29, 0.717) is 10.2 Å².